The summed E-state index contributed by atoms with van der Waals surface area (Å²) < 4.78 is 0. The van der Waals surface area contributed by atoms with Gasteiger partial charge in [0.1, 0.15) is 0 Å². The maximum absolute atomic E-state index is 0. The van der Waals surface area contributed by atoms with Gasteiger partial charge in [-0.3, -0.25) is 0 Å². The van der Waals surface area contributed by atoms with Crippen molar-refractivity contribution in [2.75, 3.05) is 0 Å². The second kappa shape index (κ2) is 50.7. The molecule has 0 rings (SSSR count). The molecule has 8 radical (unpaired) electrons. The van der Waals surface area contributed by atoms with E-state index in [9.17, 15) is 0 Å². The van der Waals surface area contributed by atoms with Gasteiger partial charge in [0.15, 0.2) is 0 Å². The Hall–Kier alpha value is 2.50. The van der Waals surface area contributed by atoms with Gasteiger partial charge in [-0.2, -0.15) is 0 Å². The third kappa shape index (κ3) is 31.5. The Labute approximate surface area is 92.1 Å². The van der Waals surface area contributed by atoms with Gasteiger partial charge in [0, 0.05) is 82.4 Å². The minimum atomic E-state index is 0. The first-order valence-corrected chi connectivity index (χ1v) is 0. The molecule has 0 saturated heterocycles. The molecule has 0 aromatic rings. The number of hydrogen-bond donors (Lipinski definition) is 0. The summed E-state index contributed by atoms with van der Waals surface area (Å²) in [5.41, 5.74) is 0. The molecule has 6 heavy (non-hydrogen) atoms. The molecule has 4 N–H and O–H groups in total. The number of hydrogen-bond acceptors (Lipinski definition) is 0. The van der Waals surface area contributed by atoms with E-state index in [1.54, 1.807) is 0 Å². The van der Waals surface area contributed by atoms with Crippen LogP contribution in [0.25, 0.3) is 0 Å². The van der Waals surface area contributed by atoms with E-state index in [0.717, 1.165) is 0 Å². The molecule has 0 aromatic carbocycles. The molecule has 0 aliphatic carbocycles. The Morgan fingerprint density at radius 1 is 0.833 bits per heavy atom. The zero-order valence-electron chi connectivity index (χ0n) is 4.21. The van der Waals surface area contributed by atoms with Crippen LogP contribution < -0.4 is 0 Å². The Balaban J connectivity index is 0. The van der Waals surface area contributed by atoms with Gasteiger partial charge in [0.25, 0.3) is 0 Å². The Bertz CT molecular complexity index is 13.5. The van der Waals surface area contributed by atoms with Gasteiger partial charge in [-0.25, -0.2) is 0 Å². The van der Waals surface area contributed by atoms with E-state index in [-0.39, 0.29) is 93.4 Å². The predicted octanol–water partition coefficient (Wildman–Crippen LogP) is -3.17. The van der Waals surface area contributed by atoms with Crippen LogP contribution in [0.5, 0.6) is 0 Å². The Morgan fingerprint density at radius 3 is 0.833 bits per heavy atom. The topological polar surface area (TPSA) is 63.0 Å². The second-order valence-corrected chi connectivity index (χ2v) is 0. The van der Waals surface area contributed by atoms with E-state index in [1.165, 1.54) is 0 Å². The standard InChI is InChI=1S/Li.Mg.Na.2H2O.Si/h;;;2*1H2;. The molecule has 0 unspecified atom stereocenters. The van der Waals surface area contributed by atoms with Crippen molar-refractivity contribution in [1.82, 2.24) is 0 Å². The van der Waals surface area contributed by atoms with Crippen LogP contribution in [0.1, 0.15) is 0 Å². The molecular formula is H4LiMgNaO2Si. The molecule has 0 amide bonds. The maximum atomic E-state index is 0. The summed E-state index contributed by atoms with van der Waals surface area (Å²) in [6, 6.07) is 0. The van der Waals surface area contributed by atoms with E-state index < -0.39 is 0 Å². The molecule has 0 aliphatic heterocycles. The van der Waals surface area contributed by atoms with Crippen LogP contribution in [0.3, 0.4) is 0 Å². The fraction of sp³-hybridized carbons (Fsp3) is 0. The zero-order chi connectivity index (χ0) is 0. The second-order valence-electron chi connectivity index (χ2n) is 0. The third-order valence-corrected chi connectivity index (χ3v) is 0. The molecule has 0 spiro atoms. The molecule has 24 valence electrons. The van der Waals surface area contributed by atoms with Crippen LogP contribution in [0.2, 0.25) is 0 Å². The van der Waals surface area contributed by atoms with Gasteiger partial charge in [-0.05, 0) is 0 Å². The molecule has 0 atom stereocenters. The molecule has 2 nitrogen and oxygen atoms in total. The van der Waals surface area contributed by atoms with Gasteiger partial charge in [-0.15, -0.1) is 0 Å². The van der Waals surface area contributed by atoms with Gasteiger partial charge in [0.2, 0.25) is 0 Å². The average Bonchev–Trinajstić information content (AvgIpc) is 0. The molecule has 0 fully saturated rings. The molecule has 0 aliphatic rings. The summed E-state index contributed by atoms with van der Waals surface area (Å²) in [5.74, 6) is 0. The Morgan fingerprint density at radius 2 is 0.833 bits per heavy atom. The normalized spacial score (nSPS) is 0. The summed E-state index contributed by atoms with van der Waals surface area (Å²) in [6.07, 6.45) is 0. The van der Waals surface area contributed by atoms with E-state index >= 15 is 0 Å². The van der Waals surface area contributed by atoms with Crippen molar-refractivity contribution in [2.24, 2.45) is 0 Å². The van der Waals surface area contributed by atoms with E-state index in [2.05, 4.69) is 0 Å². The van der Waals surface area contributed by atoms with Crippen LogP contribution in [0.15, 0.2) is 0 Å². The van der Waals surface area contributed by atoms with Crippen molar-refractivity contribution in [1.29, 1.82) is 0 Å². The maximum Gasteiger partial charge on any atom is 0 e. The van der Waals surface area contributed by atoms with Crippen LogP contribution in [0, 0.1) is 0 Å². The summed E-state index contributed by atoms with van der Waals surface area (Å²) in [6.45, 7) is 0. The number of rotatable bonds is 0. The Kier molecular flexibility index (Phi) is 646. The average molecular weight is 118 g/mol. The summed E-state index contributed by atoms with van der Waals surface area (Å²) >= 11 is 0. The van der Waals surface area contributed by atoms with Gasteiger partial charge >= 0.3 is 0 Å². The van der Waals surface area contributed by atoms with E-state index in [0.29, 0.717) is 0 Å². The fourth-order valence-electron chi connectivity index (χ4n) is 0. The van der Waals surface area contributed by atoms with Crippen LogP contribution in [-0.4, -0.2) is 93.4 Å². The summed E-state index contributed by atoms with van der Waals surface area (Å²) in [4.78, 5) is 0. The molecule has 0 aromatic heterocycles. The first-order chi connectivity index (χ1) is 0. The van der Waals surface area contributed by atoms with Gasteiger partial charge < -0.3 is 11.0 Å². The SMILES string of the molecule is O.O.[Li].[Mg].[Na].[Si]. The minimum absolute atomic E-state index is 0. The van der Waals surface area contributed by atoms with Crippen molar-refractivity contribution in [2.45, 2.75) is 0 Å². The quantitative estimate of drug-likeness (QED) is 0.301. The van der Waals surface area contributed by atoms with Crippen molar-refractivity contribution in [3.8, 4) is 0 Å². The largest absolute Gasteiger partial charge is 0.412 e. The van der Waals surface area contributed by atoms with Crippen molar-refractivity contribution < 1.29 is 11.0 Å². The van der Waals surface area contributed by atoms with Crippen LogP contribution >= 0.6 is 0 Å². The van der Waals surface area contributed by atoms with E-state index in [4.69, 9.17) is 0 Å². The fourth-order valence-corrected chi connectivity index (χ4v) is 0. The predicted molar refractivity (Wildman–Crippen MR) is 30.2 cm³/mol. The van der Waals surface area contributed by atoms with Crippen molar-refractivity contribution in [3.05, 3.63) is 0 Å². The van der Waals surface area contributed by atoms with E-state index in [1.807, 2.05) is 0 Å². The zero-order valence-corrected chi connectivity index (χ0v) is 8.62. The molecule has 0 bridgehead atoms. The third-order valence-electron chi connectivity index (χ3n) is 0. The summed E-state index contributed by atoms with van der Waals surface area (Å²) in [5, 5.41) is 0. The van der Waals surface area contributed by atoms with Crippen LogP contribution in [0.4, 0.5) is 0 Å². The van der Waals surface area contributed by atoms with Gasteiger partial charge in [0.05, 0.1) is 0 Å². The monoisotopic (exact) mass is 118 g/mol. The smallest absolute Gasteiger partial charge is 0 e. The summed E-state index contributed by atoms with van der Waals surface area (Å²) in [7, 11) is 0. The molecule has 6 heteroatoms. The molecule has 0 heterocycles. The van der Waals surface area contributed by atoms with Gasteiger partial charge in [-0.1, -0.05) is 0 Å². The van der Waals surface area contributed by atoms with Crippen molar-refractivity contribution in [3.63, 3.8) is 0 Å². The van der Waals surface area contributed by atoms with Crippen LogP contribution in [-0.2, 0) is 0 Å². The van der Waals surface area contributed by atoms with Crippen molar-refractivity contribution >= 4 is 82.4 Å². The first-order valence-electron chi connectivity index (χ1n) is 0. The molecule has 0 saturated carbocycles. The molecular weight excluding hydrogens is 114 g/mol. The minimum Gasteiger partial charge on any atom is -0.412 e. The first kappa shape index (κ1) is 76.5.